The number of benzene rings is 2. The Hall–Kier alpha value is -2.59. The van der Waals surface area contributed by atoms with E-state index in [9.17, 15) is 14.7 Å². The van der Waals surface area contributed by atoms with Gasteiger partial charge in [-0.2, -0.15) is 0 Å². The number of ketones is 1. The summed E-state index contributed by atoms with van der Waals surface area (Å²) in [6, 6.07) is 15.4. The van der Waals surface area contributed by atoms with Gasteiger partial charge in [0.05, 0.1) is 11.6 Å². The normalized spacial score (nSPS) is 22.6. The summed E-state index contributed by atoms with van der Waals surface area (Å²) < 4.78 is 0. The van der Waals surface area contributed by atoms with Gasteiger partial charge in [0.1, 0.15) is 5.76 Å². The van der Waals surface area contributed by atoms with E-state index in [-0.39, 0.29) is 17.4 Å². The number of hydrogen-bond donors (Lipinski definition) is 1. The van der Waals surface area contributed by atoms with Crippen molar-refractivity contribution in [3.05, 3.63) is 76.3 Å². The van der Waals surface area contributed by atoms with Crippen molar-refractivity contribution < 1.29 is 14.7 Å². The van der Waals surface area contributed by atoms with Gasteiger partial charge in [0.25, 0.3) is 11.7 Å². The van der Waals surface area contributed by atoms with Gasteiger partial charge in [-0.15, -0.1) is 0 Å². The minimum atomic E-state index is -0.622. The Morgan fingerprint density at radius 3 is 2.22 bits per heavy atom. The molecular weight excluding hydrogens is 362 g/mol. The average Bonchev–Trinajstić information content (AvgIpc) is 3.30. The fraction of sp³-hybridized carbons (Fsp3) is 0.273. The van der Waals surface area contributed by atoms with Crippen LogP contribution in [0.5, 0.6) is 0 Å². The van der Waals surface area contributed by atoms with Crippen molar-refractivity contribution >= 4 is 29.1 Å². The first-order valence-electron chi connectivity index (χ1n) is 9.19. The number of Topliss-reactive ketones (excluding diaryl/α,β-unsaturated/α-hetero) is 1. The second kappa shape index (κ2) is 7.20. The first-order valence-corrected chi connectivity index (χ1v) is 9.56. The lowest BCUT2D eigenvalue weighted by Gasteiger charge is -2.30. The van der Waals surface area contributed by atoms with Crippen molar-refractivity contribution in [2.24, 2.45) is 0 Å². The fourth-order valence-electron chi connectivity index (χ4n) is 4.13. The Labute approximate surface area is 163 Å². The maximum Gasteiger partial charge on any atom is 0.295 e. The van der Waals surface area contributed by atoms with E-state index in [0.717, 1.165) is 31.2 Å². The second-order valence-corrected chi connectivity index (χ2v) is 7.50. The molecule has 2 fully saturated rings. The van der Waals surface area contributed by atoms with E-state index in [1.165, 1.54) is 0 Å². The summed E-state index contributed by atoms with van der Waals surface area (Å²) in [6.45, 7) is 0. The molecule has 4 rings (SSSR count). The lowest BCUT2D eigenvalue weighted by molar-refractivity contribution is -0.141. The summed E-state index contributed by atoms with van der Waals surface area (Å²) in [5, 5.41) is 11.5. The molecule has 1 heterocycles. The number of likely N-dealkylation sites (tertiary alicyclic amines) is 1. The first-order chi connectivity index (χ1) is 13.1. The largest absolute Gasteiger partial charge is 0.507 e. The van der Waals surface area contributed by atoms with Crippen LogP contribution in [-0.4, -0.2) is 27.7 Å². The monoisotopic (exact) mass is 381 g/mol. The molecule has 0 bridgehead atoms. The van der Waals surface area contributed by atoms with Crippen molar-refractivity contribution in [2.45, 2.75) is 37.8 Å². The van der Waals surface area contributed by atoms with Gasteiger partial charge in [-0.25, -0.2) is 0 Å². The zero-order chi connectivity index (χ0) is 19.0. The van der Waals surface area contributed by atoms with Crippen molar-refractivity contribution in [2.75, 3.05) is 0 Å². The highest BCUT2D eigenvalue weighted by Crippen LogP contribution is 2.43. The summed E-state index contributed by atoms with van der Waals surface area (Å²) >= 11 is 6.03. The van der Waals surface area contributed by atoms with Crippen molar-refractivity contribution in [3.63, 3.8) is 0 Å². The van der Waals surface area contributed by atoms with Gasteiger partial charge in [0.15, 0.2) is 0 Å². The SMILES string of the molecule is O=C1C(=O)N(C2CCCC2)C(c2ccc(Cl)cc2)/C1=C(/O)c1ccccc1. The maximum atomic E-state index is 12.9. The van der Waals surface area contributed by atoms with E-state index >= 15 is 0 Å². The molecule has 1 saturated heterocycles. The van der Waals surface area contributed by atoms with E-state index in [0.29, 0.717) is 10.6 Å². The van der Waals surface area contributed by atoms with Gasteiger partial charge in [0, 0.05) is 16.6 Å². The Kier molecular flexibility index (Phi) is 4.75. The highest BCUT2D eigenvalue weighted by atomic mass is 35.5. The number of amides is 1. The molecule has 1 atom stereocenters. The van der Waals surface area contributed by atoms with Crippen LogP contribution < -0.4 is 0 Å². The summed E-state index contributed by atoms with van der Waals surface area (Å²) in [5.41, 5.74) is 1.46. The van der Waals surface area contributed by atoms with Crippen LogP contribution >= 0.6 is 11.6 Å². The average molecular weight is 382 g/mol. The number of carbonyl (C=O) groups excluding carboxylic acids is 2. The summed E-state index contributed by atoms with van der Waals surface area (Å²) in [6.07, 6.45) is 3.84. The molecule has 4 nitrogen and oxygen atoms in total. The topological polar surface area (TPSA) is 57.6 Å². The van der Waals surface area contributed by atoms with E-state index in [2.05, 4.69) is 0 Å². The maximum absolute atomic E-state index is 12.9. The Balaban J connectivity index is 1.88. The number of nitrogens with zero attached hydrogens (tertiary/aromatic N) is 1. The molecule has 1 unspecified atom stereocenters. The molecule has 2 aromatic carbocycles. The van der Waals surface area contributed by atoms with Crippen LogP contribution in [0.15, 0.2) is 60.2 Å². The fourth-order valence-corrected chi connectivity index (χ4v) is 4.26. The molecule has 5 heteroatoms. The van der Waals surface area contributed by atoms with Gasteiger partial charge in [0.2, 0.25) is 0 Å². The smallest absolute Gasteiger partial charge is 0.295 e. The molecule has 1 amide bonds. The Morgan fingerprint density at radius 2 is 1.59 bits per heavy atom. The van der Waals surface area contributed by atoms with E-state index in [1.54, 1.807) is 41.3 Å². The third-order valence-corrected chi connectivity index (χ3v) is 5.68. The van der Waals surface area contributed by atoms with Gasteiger partial charge in [-0.05, 0) is 30.5 Å². The van der Waals surface area contributed by atoms with Gasteiger partial charge in [-0.3, -0.25) is 9.59 Å². The third-order valence-electron chi connectivity index (χ3n) is 5.43. The van der Waals surface area contributed by atoms with Crippen molar-refractivity contribution in [3.8, 4) is 0 Å². The van der Waals surface area contributed by atoms with E-state index in [1.807, 2.05) is 18.2 Å². The van der Waals surface area contributed by atoms with Crippen molar-refractivity contribution in [1.82, 2.24) is 4.90 Å². The van der Waals surface area contributed by atoms with Crippen LogP contribution in [0.25, 0.3) is 5.76 Å². The summed E-state index contributed by atoms with van der Waals surface area (Å²) in [5.74, 6) is -1.28. The summed E-state index contributed by atoms with van der Waals surface area (Å²) in [4.78, 5) is 27.5. The lowest BCUT2D eigenvalue weighted by atomic mass is 9.94. The highest BCUT2D eigenvalue weighted by Gasteiger charge is 2.49. The number of hydrogen-bond acceptors (Lipinski definition) is 3. The molecule has 1 aliphatic heterocycles. The summed E-state index contributed by atoms with van der Waals surface area (Å²) in [7, 11) is 0. The molecule has 2 aliphatic rings. The number of aliphatic hydroxyl groups excluding tert-OH is 1. The molecule has 0 aromatic heterocycles. The molecule has 1 N–H and O–H groups in total. The molecule has 138 valence electrons. The van der Waals surface area contributed by atoms with Gasteiger partial charge >= 0.3 is 0 Å². The van der Waals surface area contributed by atoms with Crippen LogP contribution in [-0.2, 0) is 9.59 Å². The number of halogens is 1. The zero-order valence-electron chi connectivity index (χ0n) is 14.8. The minimum Gasteiger partial charge on any atom is -0.507 e. The molecule has 2 aromatic rings. The molecule has 1 saturated carbocycles. The second-order valence-electron chi connectivity index (χ2n) is 7.06. The first kappa shape index (κ1) is 17.8. The number of aliphatic hydroxyl groups is 1. The predicted molar refractivity (Wildman–Crippen MR) is 104 cm³/mol. The molecule has 0 radical (unpaired) electrons. The van der Waals surface area contributed by atoms with Crippen LogP contribution in [0.2, 0.25) is 5.02 Å². The van der Waals surface area contributed by atoms with Crippen LogP contribution in [0, 0.1) is 0 Å². The Morgan fingerprint density at radius 1 is 0.963 bits per heavy atom. The van der Waals surface area contributed by atoms with Gasteiger partial charge in [-0.1, -0.05) is 66.9 Å². The number of carbonyl (C=O) groups is 2. The van der Waals surface area contributed by atoms with Gasteiger partial charge < -0.3 is 10.0 Å². The third kappa shape index (κ3) is 3.15. The quantitative estimate of drug-likeness (QED) is 0.476. The molecular formula is C22H20ClNO3. The Bertz CT molecular complexity index is 899. The van der Waals surface area contributed by atoms with Crippen LogP contribution in [0.3, 0.4) is 0 Å². The highest BCUT2D eigenvalue weighted by molar-refractivity contribution is 6.46. The molecule has 27 heavy (non-hydrogen) atoms. The standard InChI is InChI=1S/C22H20ClNO3/c23-16-12-10-14(11-13-16)19-18(20(25)15-6-2-1-3-7-15)21(26)22(27)24(19)17-8-4-5-9-17/h1-3,6-7,10-13,17,19,25H,4-5,8-9H2/b20-18-. The van der Waals surface area contributed by atoms with Crippen LogP contribution in [0.1, 0.15) is 42.9 Å². The zero-order valence-corrected chi connectivity index (χ0v) is 15.5. The molecule has 0 spiro atoms. The minimum absolute atomic E-state index is 0.0169. The van der Waals surface area contributed by atoms with Crippen LogP contribution in [0.4, 0.5) is 0 Å². The number of rotatable bonds is 3. The van der Waals surface area contributed by atoms with E-state index < -0.39 is 17.7 Å². The lowest BCUT2D eigenvalue weighted by Crippen LogP contribution is -2.37. The van der Waals surface area contributed by atoms with Crippen molar-refractivity contribution in [1.29, 1.82) is 0 Å². The van der Waals surface area contributed by atoms with E-state index in [4.69, 9.17) is 11.6 Å². The molecule has 1 aliphatic carbocycles. The predicted octanol–water partition coefficient (Wildman–Crippen LogP) is 4.70.